The molecule has 0 saturated heterocycles. The zero-order valence-corrected chi connectivity index (χ0v) is 14.2. The van der Waals surface area contributed by atoms with Crippen molar-refractivity contribution in [2.24, 2.45) is 0 Å². The Kier molecular flexibility index (Phi) is 4.90. The van der Waals surface area contributed by atoms with Gasteiger partial charge in [-0.1, -0.05) is 18.2 Å². The molecule has 2 aromatic carbocycles. The van der Waals surface area contributed by atoms with Gasteiger partial charge in [-0.3, -0.25) is 9.59 Å². The van der Waals surface area contributed by atoms with Gasteiger partial charge in [0.05, 0.1) is 10.6 Å². The van der Waals surface area contributed by atoms with Crippen LogP contribution in [-0.2, 0) is 0 Å². The van der Waals surface area contributed by atoms with Crippen molar-refractivity contribution in [3.05, 3.63) is 81.8 Å². The number of anilines is 2. The molecule has 0 aliphatic heterocycles. The molecule has 25 heavy (non-hydrogen) atoms. The first-order valence-electron chi connectivity index (χ1n) is 7.55. The number of hydrogen-bond donors (Lipinski definition) is 2. The third kappa shape index (κ3) is 4.10. The number of nitrogens with one attached hydrogen (secondary N) is 2. The molecule has 0 unspecified atom stereocenters. The maximum absolute atomic E-state index is 13.9. The fraction of sp³-hybridized carbons (Fsp3) is 0.0526. The summed E-state index contributed by atoms with van der Waals surface area (Å²) in [7, 11) is 0. The van der Waals surface area contributed by atoms with Crippen LogP contribution in [0, 0.1) is 12.7 Å². The summed E-state index contributed by atoms with van der Waals surface area (Å²) in [5.74, 6) is -1.18. The first-order chi connectivity index (χ1) is 12.0. The van der Waals surface area contributed by atoms with E-state index in [0.717, 1.165) is 5.56 Å². The van der Waals surface area contributed by atoms with E-state index in [1.807, 2.05) is 5.38 Å². The van der Waals surface area contributed by atoms with Gasteiger partial charge < -0.3 is 10.6 Å². The lowest BCUT2D eigenvalue weighted by atomic mass is 10.1. The quantitative estimate of drug-likeness (QED) is 0.713. The normalized spacial score (nSPS) is 10.3. The highest BCUT2D eigenvalue weighted by atomic mass is 32.1. The molecular formula is C19H15FN2O2S. The van der Waals surface area contributed by atoms with E-state index < -0.39 is 11.7 Å². The number of amides is 2. The van der Waals surface area contributed by atoms with E-state index in [1.165, 1.54) is 23.5 Å². The molecule has 1 heterocycles. The molecule has 0 saturated carbocycles. The predicted octanol–water partition coefficient (Wildman–Crippen LogP) is 4.70. The van der Waals surface area contributed by atoms with E-state index in [4.69, 9.17) is 0 Å². The van der Waals surface area contributed by atoms with Gasteiger partial charge in [0, 0.05) is 11.3 Å². The van der Waals surface area contributed by atoms with E-state index in [-0.39, 0.29) is 11.6 Å². The van der Waals surface area contributed by atoms with Crippen molar-refractivity contribution in [3.63, 3.8) is 0 Å². The highest BCUT2D eigenvalue weighted by Gasteiger charge is 2.12. The molecule has 4 nitrogen and oxygen atoms in total. The Morgan fingerprint density at radius 1 is 0.960 bits per heavy atom. The number of carbonyl (C=O) groups excluding carboxylic acids is 2. The highest BCUT2D eigenvalue weighted by molar-refractivity contribution is 7.12. The molecule has 0 aliphatic rings. The van der Waals surface area contributed by atoms with E-state index in [9.17, 15) is 14.0 Å². The molecule has 0 bridgehead atoms. The van der Waals surface area contributed by atoms with Crippen molar-refractivity contribution in [1.29, 1.82) is 0 Å². The molecular weight excluding hydrogens is 339 g/mol. The van der Waals surface area contributed by atoms with Gasteiger partial charge in [-0.2, -0.15) is 0 Å². The Morgan fingerprint density at radius 3 is 2.52 bits per heavy atom. The van der Waals surface area contributed by atoms with E-state index in [2.05, 4.69) is 10.6 Å². The number of aryl methyl sites for hydroxylation is 1. The van der Waals surface area contributed by atoms with Crippen LogP contribution >= 0.6 is 11.3 Å². The second-order valence-electron chi connectivity index (χ2n) is 5.45. The van der Waals surface area contributed by atoms with Gasteiger partial charge in [-0.25, -0.2) is 4.39 Å². The van der Waals surface area contributed by atoms with Crippen LogP contribution < -0.4 is 10.6 Å². The van der Waals surface area contributed by atoms with Crippen molar-refractivity contribution < 1.29 is 14.0 Å². The summed E-state index contributed by atoms with van der Waals surface area (Å²) in [6, 6.07) is 14.6. The number of rotatable bonds is 4. The molecule has 0 spiro atoms. The third-order valence-electron chi connectivity index (χ3n) is 3.50. The maximum Gasteiger partial charge on any atom is 0.265 e. The molecule has 1 aromatic heterocycles. The van der Waals surface area contributed by atoms with Crippen molar-refractivity contribution >= 4 is 34.5 Å². The van der Waals surface area contributed by atoms with Crippen molar-refractivity contribution in [3.8, 4) is 0 Å². The maximum atomic E-state index is 13.9. The first kappa shape index (κ1) is 16.9. The number of thiophene rings is 1. The highest BCUT2D eigenvalue weighted by Crippen LogP contribution is 2.18. The van der Waals surface area contributed by atoms with Crippen LogP contribution in [0.1, 0.15) is 25.6 Å². The molecule has 0 radical (unpaired) electrons. The van der Waals surface area contributed by atoms with Gasteiger partial charge in [0.2, 0.25) is 0 Å². The second-order valence-corrected chi connectivity index (χ2v) is 6.40. The smallest absolute Gasteiger partial charge is 0.265 e. The molecule has 3 aromatic rings. The third-order valence-corrected chi connectivity index (χ3v) is 4.37. The van der Waals surface area contributed by atoms with Crippen LogP contribution in [0.3, 0.4) is 0 Å². The van der Waals surface area contributed by atoms with Crippen LogP contribution in [0.2, 0.25) is 0 Å². The number of halogens is 1. The lowest BCUT2D eigenvalue weighted by Crippen LogP contribution is -2.14. The van der Waals surface area contributed by atoms with Crippen LogP contribution in [0.25, 0.3) is 0 Å². The van der Waals surface area contributed by atoms with Gasteiger partial charge in [-0.15, -0.1) is 11.3 Å². The summed E-state index contributed by atoms with van der Waals surface area (Å²) in [4.78, 5) is 25.0. The van der Waals surface area contributed by atoms with Crippen LogP contribution in [0.4, 0.5) is 15.8 Å². The zero-order valence-electron chi connectivity index (χ0n) is 13.4. The summed E-state index contributed by atoms with van der Waals surface area (Å²) >= 11 is 1.33. The Morgan fingerprint density at radius 2 is 1.80 bits per heavy atom. The largest absolute Gasteiger partial charge is 0.321 e. The molecule has 2 amide bonds. The minimum absolute atomic E-state index is 0.114. The average molecular weight is 354 g/mol. The lowest BCUT2D eigenvalue weighted by molar-refractivity contribution is 0.101. The topological polar surface area (TPSA) is 58.2 Å². The number of carbonyl (C=O) groups is 2. The van der Waals surface area contributed by atoms with Gasteiger partial charge >= 0.3 is 0 Å². The van der Waals surface area contributed by atoms with E-state index >= 15 is 0 Å². The van der Waals surface area contributed by atoms with Crippen molar-refractivity contribution in [1.82, 2.24) is 0 Å². The summed E-state index contributed by atoms with van der Waals surface area (Å²) in [6.45, 7) is 1.77. The summed E-state index contributed by atoms with van der Waals surface area (Å²) < 4.78 is 13.9. The molecule has 0 atom stereocenters. The van der Waals surface area contributed by atoms with Gasteiger partial charge in [0.1, 0.15) is 5.82 Å². The molecule has 0 fully saturated rings. The SMILES string of the molecule is Cc1ccc(NC(=O)c2cccc(NC(=O)c3cccs3)c2)c(F)c1. The van der Waals surface area contributed by atoms with Crippen LogP contribution in [0.15, 0.2) is 60.0 Å². The van der Waals surface area contributed by atoms with E-state index in [1.54, 1.807) is 49.4 Å². The zero-order chi connectivity index (χ0) is 17.8. The lowest BCUT2D eigenvalue weighted by Gasteiger charge is -2.09. The van der Waals surface area contributed by atoms with Crippen LogP contribution in [-0.4, -0.2) is 11.8 Å². The molecule has 3 rings (SSSR count). The monoisotopic (exact) mass is 354 g/mol. The number of hydrogen-bond acceptors (Lipinski definition) is 3. The van der Waals surface area contributed by atoms with Gasteiger partial charge in [0.15, 0.2) is 0 Å². The van der Waals surface area contributed by atoms with Crippen molar-refractivity contribution in [2.45, 2.75) is 6.92 Å². The average Bonchev–Trinajstić information content (AvgIpc) is 3.12. The summed E-state index contributed by atoms with van der Waals surface area (Å²) in [5, 5.41) is 7.09. The van der Waals surface area contributed by atoms with Crippen molar-refractivity contribution in [2.75, 3.05) is 10.6 Å². The molecule has 0 aliphatic carbocycles. The Hall–Kier alpha value is -2.99. The van der Waals surface area contributed by atoms with Crippen LogP contribution in [0.5, 0.6) is 0 Å². The molecule has 126 valence electrons. The second kappa shape index (κ2) is 7.27. The fourth-order valence-electron chi connectivity index (χ4n) is 2.25. The Bertz CT molecular complexity index is 923. The standard InChI is InChI=1S/C19H15FN2O2S/c1-12-7-8-16(15(20)10-12)22-18(23)13-4-2-5-14(11-13)21-19(24)17-6-3-9-25-17/h2-11H,1H3,(H,21,24)(H,22,23). The Balaban J connectivity index is 1.74. The molecule has 2 N–H and O–H groups in total. The fourth-order valence-corrected chi connectivity index (χ4v) is 2.87. The van der Waals surface area contributed by atoms with E-state index in [0.29, 0.717) is 16.1 Å². The minimum Gasteiger partial charge on any atom is -0.321 e. The van der Waals surface area contributed by atoms with Gasteiger partial charge in [-0.05, 0) is 54.3 Å². The minimum atomic E-state index is -0.490. The first-order valence-corrected chi connectivity index (χ1v) is 8.43. The summed E-state index contributed by atoms with van der Waals surface area (Å²) in [6.07, 6.45) is 0. The van der Waals surface area contributed by atoms with Gasteiger partial charge in [0.25, 0.3) is 11.8 Å². The summed E-state index contributed by atoms with van der Waals surface area (Å²) in [5.41, 5.74) is 1.71. The predicted molar refractivity (Wildman–Crippen MR) is 97.8 cm³/mol. The Labute approximate surface area is 148 Å². The molecule has 6 heteroatoms. The number of benzene rings is 2.